The van der Waals surface area contributed by atoms with Gasteiger partial charge in [-0.25, -0.2) is 0 Å². The lowest BCUT2D eigenvalue weighted by atomic mass is 9.84. The summed E-state index contributed by atoms with van der Waals surface area (Å²) in [5, 5.41) is 2.70. The van der Waals surface area contributed by atoms with Gasteiger partial charge in [-0.2, -0.15) is 0 Å². The molecular formula is C14H18N2OS2. The Bertz CT molecular complexity index is 691. The fourth-order valence-electron chi connectivity index (χ4n) is 3.15. The number of hydrogen-bond acceptors (Lipinski definition) is 3. The van der Waals surface area contributed by atoms with Crippen molar-refractivity contribution in [2.75, 3.05) is 0 Å². The van der Waals surface area contributed by atoms with Gasteiger partial charge in [-0.05, 0) is 49.3 Å². The summed E-state index contributed by atoms with van der Waals surface area (Å²) in [5.41, 5.74) is 0.0677. The molecular weight excluding hydrogens is 276 g/mol. The summed E-state index contributed by atoms with van der Waals surface area (Å²) >= 11 is 6.93. The predicted octanol–water partition coefficient (Wildman–Crippen LogP) is 4.26. The van der Waals surface area contributed by atoms with Crippen LogP contribution in [0, 0.1) is 10.7 Å². The molecule has 0 saturated heterocycles. The Kier molecular flexibility index (Phi) is 3.58. The fourth-order valence-corrected chi connectivity index (χ4v) is 4.35. The average molecular weight is 294 g/mol. The van der Waals surface area contributed by atoms with Crippen LogP contribution in [0.4, 0.5) is 0 Å². The summed E-state index contributed by atoms with van der Waals surface area (Å²) in [7, 11) is 0. The van der Waals surface area contributed by atoms with Crippen molar-refractivity contribution in [3.63, 3.8) is 0 Å². The Balaban J connectivity index is 2.08. The summed E-state index contributed by atoms with van der Waals surface area (Å²) in [6, 6.07) is 2.08. The summed E-state index contributed by atoms with van der Waals surface area (Å²) in [6.07, 6.45) is 6.31. The van der Waals surface area contributed by atoms with E-state index >= 15 is 0 Å². The van der Waals surface area contributed by atoms with Crippen LogP contribution in [0.1, 0.15) is 45.1 Å². The first-order chi connectivity index (χ1) is 9.18. The number of nitrogens with zero attached hydrogens (tertiary/aromatic N) is 1. The monoisotopic (exact) mass is 294 g/mol. The molecule has 1 N–H and O–H groups in total. The summed E-state index contributed by atoms with van der Waals surface area (Å²) in [5.74, 6) is 0.581. The number of thiophene rings is 1. The molecule has 3 nitrogen and oxygen atoms in total. The van der Waals surface area contributed by atoms with E-state index in [1.165, 1.54) is 43.4 Å². The molecule has 19 heavy (non-hydrogen) atoms. The van der Waals surface area contributed by atoms with Gasteiger partial charge in [-0.15, -0.1) is 11.3 Å². The van der Waals surface area contributed by atoms with Crippen molar-refractivity contribution in [1.82, 2.24) is 9.55 Å². The minimum atomic E-state index is 0.0677. The Morgan fingerprint density at radius 1 is 1.42 bits per heavy atom. The van der Waals surface area contributed by atoms with Gasteiger partial charge in [-0.1, -0.05) is 19.3 Å². The van der Waals surface area contributed by atoms with Gasteiger partial charge in [0.1, 0.15) is 4.83 Å². The normalized spacial score (nSPS) is 18.8. The molecule has 2 heterocycles. The van der Waals surface area contributed by atoms with Gasteiger partial charge < -0.3 is 4.98 Å². The molecule has 0 aromatic carbocycles. The van der Waals surface area contributed by atoms with E-state index in [2.05, 4.69) is 11.9 Å². The number of nitrogens with one attached hydrogen (secondary N) is 1. The van der Waals surface area contributed by atoms with Crippen LogP contribution in [0.15, 0.2) is 16.2 Å². The molecule has 5 heteroatoms. The standard InChI is InChI=1S/C14H18N2OS2/c1-9(10-5-3-2-4-6-10)16-13(17)11-7-8-19-12(11)15-14(16)18/h7-10H,2-6H2,1H3,(H,15,18). The number of aromatic nitrogens is 2. The molecule has 102 valence electrons. The first kappa shape index (κ1) is 13.1. The van der Waals surface area contributed by atoms with Gasteiger partial charge in [0.05, 0.1) is 5.39 Å². The van der Waals surface area contributed by atoms with Gasteiger partial charge in [0.25, 0.3) is 5.56 Å². The Morgan fingerprint density at radius 3 is 2.89 bits per heavy atom. The minimum absolute atomic E-state index is 0.0677. The van der Waals surface area contributed by atoms with Gasteiger partial charge in [0.2, 0.25) is 0 Å². The van der Waals surface area contributed by atoms with Gasteiger partial charge in [-0.3, -0.25) is 9.36 Å². The maximum atomic E-state index is 12.6. The number of H-pyrrole nitrogens is 1. The van der Waals surface area contributed by atoms with Crippen LogP contribution in [-0.4, -0.2) is 9.55 Å². The van der Waals surface area contributed by atoms with Crippen molar-refractivity contribution in [3.05, 3.63) is 26.6 Å². The van der Waals surface area contributed by atoms with Crippen LogP contribution < -0.4 is 5.56 Å². The van der Waals surface area contributed by atoms with E-state index < -0.39 is 0 Å². The quantitative estimate of drug-likeness (QED) is 0.840. The molecule has 0 amide bonds. The molecule has 1 saturated carbocycles. The third-order valence-electron chi connectivity index (χ3n) is 4.29. The van der Waals surface area contributed by atoms with Crippen LogP contribution in [0.3, 0.4) is 0 Å². The molecule has 1 unspecified atom stereocenters. The molecule has 2 aromatic heterocycles. The van der Waals surface area contributed by atoms with E-state index in [1.54, 1.807) is 4.57 Å². The van der Waals surface area contributed by atoms with Crippen molar-refractivity contribution < 1.29 is 0 Å². The zero-order valence-electron chi connectivity index (χ0n) is 11.0. The van der Waals surface area contributed by atoms with E-state index in [9.17, 15) is 4.79 Å². The van der Waals surface area contributed by atoms with Crippen LogP contribution >= 0.6 is 23.6 Å². The smallest absolute Gasteiger partial charge is 0.263 e. The lowest BCUT2D eigenvalue weighted by Gasteiger charge is -2.28. The molecule has 1 aliphatic rings. The third-order valence-corrected chi connectivity index (χ3v) is 5.42. The molecule has 1 atom stereocenters. The zero-order chi connectivity index (χ0) is 13.4. The van der Waals surface area contributed by atoms with E-state index in [1.807, 2.05) is 11.4 Å². The van der Waals surface area contributed by atoms with Gasteiger partial charge >= 0.3 is 0 Å². The molecule has 0 bridgehead atoms. The topological polar surface area (TPSA) is 37.8 Å². The number of aromatic amines is 1. The number of rotatable bonds is 2. The Labute approximate surface area is 121 Å². The highest BCUT2D eigenvalue weighted by atomic mass is 32.1. The highest BCUT2D eigenvalue weighted by molar-refractivity contribution is 7.71. The second-order valence-corrected chi connectivity index (χ2v) is 6.71. The van der Waals surface area contributed by atoms with Gasteiger partial charge in [0.15, 0.2) is 4.77 Å². The Hall–Kier alpha value is -0.940. The minimum Gasteiger partial charge on any atom is -0.323 e. The molecule has 0 spiro atoms. The third kappa shape index (κ3) is 2.30. The van der Waals surface area contributed by atoms with Crippen molar-refractivity contribution in [3.8, 4) is 0 Å². The fraction of sp³-hybridized carbons (Fsp3) is 0.571. The predicted molar refractivity (Wildman–Crippen MR) is 82.6 cm³/mol. The van der Waals surface area contributed by atoms with Crippen molar-refractivity contribution in [2.45, 2.75) is 45.1 Å². The summed E-state index contributed by atoms with van der Waals surface area (Å²) in [4.78, 5) is 16.7. The lowest BCUT2D eigenvalue weighted by Crippen LogP contribution is -2.30. The number of fused-ring (bicyclic) bond motifs is 1. The zero-order valence-corrected chi connectivity index (χ0v) is 12.6. The maximum Gasteiger partial charge on any atom is 0.263 e. The molecule has 2 aromatic rings. The van der Waals surface area contributed by atoms with E-state index in [4.69, 9.17) is 12.2 Å². The van der Waals surface area contributed by atoms with Crippen LogP contribution in [0.5, 0.6) is 0 Å². The first-order valence-corrected chi connectivity index (χ1v) is 8.19. The largest absolute Gasteiger partial charge is 0.323 e. The Morgan fingerprint density at radius 2 is 2.16 bits per heavy atom. The number of hydrogen-bond donors (Lipinski definition) is 1. The van der Waals surface area contributed by atoms with Crippen molar-refractivity contribution >= 4 is 33.8 Å². The van der Waals surface area contributed by atoms with E-state index in [0.29, 0.717) is 10.7 Å². The van der Waals surface area contributed by atoms with Crippen molar-refractivity contribution in [1.29, 1.82) is 0 Å². The maximum absolute atomic E-state index is 12.6. The van der Waals surface area contributed by atoms with Crippen LogP contribution in [0.25, 0.3) is 10.2 Å². The first-order valence-electron chi connectivity index (χ1n) is 6.90. The molecule has 1 aliphatic carbocycles. The molecule has 3 rings (SSSR count). The highest BCUT2D eigenvalue weighted by Crippen LogP contribution is 2.32. The second kappa shape index (κ2) is 5.21. The molecule has 1 fully saturated rings. The summed E-state index contributed by atoms with van der Waals surface area (Å²) < 4.78 is 2.36. The van der Waals surface area contributed by atoms with Crippen LogP contribution in [-0.2, 0) is 0 Å². The van der Waals surface area contributed by atoms with Crippen molar-refractivity contribution in [2.24, 2.45) is 5.92 Å². The average Bonchev–Trinajstić information content (AvgIpc) is 2.88. The van der Waals surface area contributed by atoms with E-state index in [0.717, 1.165) is 10.2 Å². The lowest BCUT2D eigenvalue weighted by molar-refractivity contribution is 0.258. The van der Waals surface area contributed by atoms with E-state index in [-0.39, 0.29) is 11.6 Å². The second-order valence-electron chi connectivity index (χ2n) is 5.41. The highest BCUT2D eigenvalue weighted by Gasteiger charge is 2.23. The molecule has 0 radical (unpaired) electrons. The summed E-state index contributed by atoms with van der Waals surface area (Å²) in [6.45, 7) is 2.14. The SMILES string of the molecule is CC(C1CCCCC1)n1c(=S)[nH]c2sccc2c1=O. The molecule has 0 aliphatic heterocycles. The van der Waals surface area contributed by atoms with Gasteiger partial charge in [0, 0.05) is 6.04 Å². The van der Waals surface area contributed by atoms with Crippen LogP contribution in [0.2, 0.25) is 0 Å².